The van der Waals surface area contributed by atoms with Gasteiger partial charge in [0, 0.05) is 6.07 Å². The SMILES string of the molecule is C=CC1C(C)N2C=CC=CB2c2cccc[n+]21. The summed E-state index contributed by atoms with van der Waals surface area (Å²) in [4.78, 5) is 2.40. The van der Waals surface area contributed by atoms with E-state index in [1.807, 2.05) is 6.08 Å². The van der Waals surface area contributed by atoms with E-state index < -0.39 is 0 Å². The van der Waals surface area contributed by atoms with E-state index >= 15 is 0 Å². The van der Waals surface area contributed by atoms with Gasteiger partial charge < -0.3 is 4.81 Å². The highest BCUT2D eigenvalue weighted by Crippen LogP contribution is 2.20. The monoisotopic (exact) mass is 223 g/mol. The number of fused-ring (bicyclic) bond motifs is 3. The van der Waals surface area contributed by atoms with Crippen LogP contribution in [0, 0.1) is 0 Å². The smallest absolute Gasteiger partial charge is 0.396 e. The largest absolute Gasteiger partial charge is 0.400 e. The molecule has 3 rings (SSSR count). The number of hydrogen-bond acceptors (Lipinski definition) is 1. The van der Waals surface area contributed by atoms with Gasteiger partial charge in [-0.15, -0.1) is 0 Å². The summed E-state index contributed by atoms with van der Waals surface area (Å²) >= 11 is 0. The molecular formula is C14H16BN2+. The van der Waals surface area contributed by atoms with Gasteiger partial charge in [0.05, 0.1) is 6.04 Å². The van der Waals surface area contributed by atoms with Crippen LogP contribution >= 0.6 is 0 Å². The van der Waals surface area contributed by atoms with Crippen LogP contribution in [0.1, 0.15) is 13.0 Å². The zero-order chi connectivity index (χ0) is 11.8. The van der Waals surface area contributed by atoms with Crippen LogP contribution in [0.25, 0.3) is 0 Å². The maximum atomic E-state index is 3.98. The number of rotatable bonds is 1. The average Bonchev–Trinajstić information content (AvgIpc) is 2.40. The van der Waals surface area contributed by atoms with E-state index in [-0.39, 0.29) is 0 Å². The quantitative estimate of drug-likeness (QED) is 0.394. The second kappa shape index (κ2) is 3.92. The molecule has 0 bridgehead atoms. The van der Waals surface area contributed by atoms with Gasteiger partial charge in [-0.25, -0.2) is 4.57 Å². The maximum absolute atomic E-state index is 3.98. The molecule has 2 aliphatic heterocycles. The molecule has 1 aromatic heterocycles. The van der Waals surface area contributed by atoms with E-state index in [0.29, 0.717) is 18.9 Å². The summed E-state index contributed by atoms with van der Waals surface area (Å²) in [5.41, 5.74) is 1.33. The molecule has 0 spiro atoms. The Bertz CT molecular complexity index is 507. The molecule has 2 aliphatic rings. The summed E-state index contributed by atoms with van der Waals surface area (Å²) < 4.78 is 2.34. The number of aromatic nitrogens is 1. The summed E-state index contributed by atoms with van der Waals surface area (Å²) in [5.74, 6) is 2.25. The standard InChI is InChI=1S/C14H16BN2/c1-3-13-12(2)17-11-7-5-9-15(17)14-8-4-6-10-16(13)14/h3-13H,1H2,2H3/q+1. The molecule has 3 heteroatoms. The highest BCUT2D eigenvalue weighted by Gasteiger charge is 2.44. The fraction of sp³-hybridized carbons (Fsp3) is 0.214. The minimum atomic E-state index is 0.332. The van der Waals surface area contributed by atoms with Gasteiger partial charge >= 0.3 is 6.85 Å². The molecule has 2 atom stereocenters. The van der Waals surface area contributed by atoms with Gasteiger partial charge in [-0.1, -0.05) is 24.7 Å². The molecule has 0 N–H and O–H groups in total. The summed E-state index contributed by atoms with van der Waals surface area (Å²) in [6, 6.07) is 7.15. The van der Waals surface area contributed by atoms with Gasteiger partial charge in [0.15, 0.2) is 17.8 Å². The Kier molecular flexibility index (Phi) is 2.39. The predicted octanol–water partition coefficient (Wildman–Crippen LogP) is 1.23. The Morgan fingerprint density at radius 1 is 1.41 bits per heavy atom. The van der Waals surface area contributed by atoms with Crippen molar-refractivity contribution in [2.24, 2.45) is 0 Å². The molecular weight excluding hydrogens is 207 g/mol. The van der Waals surface area contributed by atoms with Crippen LogP contribution < -0.4 is 10.2 Å². The maximum Gasteiger partial charge on any atom is 0.396 e. The first-order valence-electron chi connectivity index (χ1n) is 6.08. The van der Waals surface area contributed by atoms with Crippen LogP contribution in [0.15, 0.2) is 61.4 Å². The van der Waals surface area contributed by atoms with Gasteiger partial charge in [-0.05, 0) is 31.3 Å². The lowest BCUT2D eigenvalue weighted by atomic mass is 9.53. The summed E-state index contributed by atoms with van der Waals surface area (Å²) in [7, 11) is 0. The third-order valence-electron chi connectivity index (χ3n) is 3.74. The summed E-state index contributed by atoms with van der Waals surface area (Å²) in [5, 5.41) is 0. The molecule has 1 aromatic rings. The second-order valence-corrected chi connectivity index (χ2v) is 4.62. The summed E-state index contributed by atoms with van der Waals surface area (Å²) in [6.07, 6.45) is 10.6. The predicted molar refractivity (Wildman–Crippen MR) is 70.8 cm³/mol. The molecule has 0 amide bonds. The van der Waals surface area contributed by atoms with Crippen molar-refractivity contribution < 1.29 is 4.57 Å². The number of pyridine rings is 1. The van der Waals surface area contributed by atoms with E-state index in [9.17, 15) is 0 Å². The third kappa shape index (κ3) is 1.46. The van der Waals surface area contributed by atoms with Gasteiger partial charge in [0.1, 0.15) is 0 Å². The zero-order valence-electron chi connectivity index (χ0n) is 10.0. The Hall–Kier alpha value is -1.77. The topological polar surface area (TPSA) is 7.12 Å². The lowest BCUT2D eigenvalue weighted by Crippen LogP contribution is -2.72. The molecule has 17 heavy (non-hydrogen) atoms. The first-order valence-corrected chi connectivity index (χ1v) is 6.08. The molecule has 84 valence electrons. The van der Waals surface area contributed by atoms with Crippen LogP contribution in [-0.2, 0) is 0 Å². The molecule has 2 nitrogen and oxygen atoms in total. The first kappa shape index (κ1) is 10.4. The van der Waals surface area contributed by atoms with Crippen molar-refractivity contribution in [2.45, 2.75) is 19.0 Å². The molecule has 0 aromatic carbocycles. The fourth-order valence-corrected chi connectivity index (χ4v) is 2.86. The van der Waals surface area contributed by atoms with Crippen molar-refractivity contribution in [1.29, 1.82) is 0 Å². The fourth-order valence-electron chi connectivity index (χ4n) is 2.86. The zero-order valence-corrected chi connectivity index (χ0v) is 10.0. The number of allylic oxidation sites excluding steroid dienone is 2. The van der Waals surface area contributed by atoms with Crippen molar-refractivity contribution in [1.82, 2.24) is 4.81 Å². The molecule has 0 saturated heterocycles. The van der Waals surface area contributed by atoms with E-state index in [0.717, 1.165) is 0 Å². The molecule has 0 aliphatic carbocycles. The Balaban J connectivity index is 2.17. The van der Waals surface area contributed by atoms with Crippen LogP contribution in [0.5, 0.6) is 0 Å². The van der Waals surface area contributed by atoms with E-state index in [2.05, 4.69) is 71.6 Å². The second-order valence-electron chi connectivity index (χ2n) is 4.62. The molecule has 0 fully saturated rings. The van der Waals surface area contributed by atoms with Crippen LogP contribution in [0.2, 0.25) is 0 Å². The Morgan fingerprint density at radius 3 is 3.12 bits per heavy atom. The van der Waals surface area contributed by atoms with Crippen molar-refractivity contribution in [3.05, 3.63) is 61.4 Å². The number of nitrogens with zero attached hydrogens (tertiary/aromatic N) is 2. The lowest BCUT2D eigenvalue weighted by molar-refractivity contribution is -0.703. The van der Waals surface area contributed by atoms with Crippen molar-refractivity contribution in [2.75, 3.05) is 0 Å². The van der Waals surface area contributed by atoms with Crippen LogP contribution in [0.3, 0.4) is 0 Å². The van der Waals surface area contributed by atoms with Crippen molar-refractivity contribution in [3.63, 3.8) is 0 Å². The van der Waals surface area contributed by atoms with Gasteiger partial charge in [-0.3, -0.25) is 0 Å². The molecule has 2 unspecified atom stereocenters. The third-order valence-corrected chi connectivity index (χ3v) is 3.74. The van der Waals surface area contributed by atoms with Crippen LogP contribution in [0.4, 0.5) is 0 Å². The highest BCUT2D eigenvalue weighted by molar-refractivity contribution is 6.74. The normalized spacial score (nSPS) is 25.5. The van der Waals surface area contributed by atoms with E-state index in [1.54, 1.807) is 0 Å². The van der Waals surface area contributed by atoms with E-state index in [1.165, 1.54) is 5.59 Å². The molecule has 3 heterocycles. The molecule has 0 saturated carbocycles. The Labute approximate surface area is 103 Å². The molecule has 0 radical (unpaired) electrons. The average molecular weight is 223 g/mol. The highest BCUT2D eigenvalue weighted by atomic mass is 15.2. The van der Waals surface area contributed by atoms with Crippen LogP contribution in [-0.4, -0.2) is 17.7 Å². The number of hydrogen-bond donors (Lipinski definition) is 0. The minimum Gasteiger partial charge on any atom is -0.400 e. The van der Waals surface area contributed by atoms with Crippen molar-refractivity contribution in [3.8, 4) is 0 Å². The first-order chi connectivity index (χ1) is 8.33. The summed E-state index contributed by atoms with van der Waals surface area (Å²) in [6.45, 7) is 6.59. The van der Waals surface area contributed by atoms with Gasteiger partial charge in [0.2, 0.25) is 0 Å². The Morgan fingerprint density at radius 2 is 2.29 bits per heavy atom. The van der Waals surface area contributed by atoms with Crippen molar-refractivity contribution >= 4 is 12.4 Å². The van der Waals surface area contributed by atoms with E-state index in [4.69, 9.17) is 0 Å². The van der Waals surface area contributed by atoms with Gasteiger partial charge in [-0.2, -0.15) is 0 Å². The van der Waals surface area contributed by atoms with Gasteiger partial charge in [0.25, 0.3) is 0 Å². The minimum absolute atomic E-state index is 0.332. The lowest BCUT2D eigenvalue weighted by Gasteiger charge is -2.38.